The van der Waals surface area contributed by atoms with E-state index in [-0.39, 0.29) is 5.82 Å². The zero-order valence-corrected chi connectivity index (χ0v) is 10.3. The highest BCUT2D eigenvalue weighted by molar-refractivity contribution is 5.41. The van der Waals surface area contributed by atoms with Crippen molar-refractivity contribution in [3.05, 3.63) is 65.6 Å². The summed E-state index contributed by atoms with van der Waals surface area (Å²) in [7, 11) is 0. The largest absolute Gasteiger partial charge is 0.325 e. The summed E-state index contributed by atoms with van der Waals surface area (Å²) in [5.41, 5.74) is 9.13. The second kappa shape index (κ2) is 4.78. The van der Waals surface area contributed by atoms with Crippen LogP contribution in [0.3, 0.4) is 0 Å². The Balaban J connectivity index is 1.90. The molecule has 0 spiro atoms. The molecule has 0 amide bonds. The Labute approximate surface area is 109 Å². The van der Waals surface area contributed by atoms with Crippen LogP contribution in [-0.2, 0) is 13.0 Å². The van der Waals surface area contributed by atoms with Gasteiger partial charge in [0, 0.05) is 25.2 Å². The van der Waals surface area contributed by atoms with Gasteiger partial charge in [0.25, 0.3) is 0 Å². The molecule has 19 heavy (non-hydrogen) atoms. The first-order chi connectivity index (χ1) is 9.24. The third-order valence-electron chi connectivity index (χ3n) is 2.96. The average Bonchev–Trinajstić information content (AvgIpc) is 2.83. The van der Waals surface area contributed by atoms with Gasteiger partial charge in [-0.2, -0.15) is 0 Å². The van der Waals surface area contributed by atoms with Crippen LogP contribution in [0.15, 0.2) is 42.9 Å². The normalized spacial score (nSPS) is 11.1. The first-order valence-corrected chi connectivity index (χ1v) is 6.01. The maximum Gasteiger partial charge on any atom is 0.140 e. The highest BCUT2D eigenvalue weighted by Gasteiger charge is 2.03. The third-order valence-corrected chi connectivity index (χ3v) is 2.96. The molecule has 4 nitrogen and oxygen atoms in total. The van der Waals surface area contributed by atoms with Gasteiger partial charge in [-0.3, -0.25) is 4.40 Å². The number of hydrogen-bond donors (Lipinski definition) is 1. The highest BCUT2D eigenvalue weighted by atomic mass is 19.1. The summed E-state index contributed by atoms with van der Waals surface area (Å²) in [5, 5.41) is 0. The fourth-order valence-corrected chi connectivity index (χ4v) is 1.99. The number of benzene rings is 1. The van der Waals surface area contributed by atoms with E-state index in [2.05, 4.69) is 9.97 Å². The third kappa shape index (κ3) is 2.46. The van der Waals surface area contributed by atoms with Gasteiger partial charge in [-0.05, 0) is 17.7 Å². The summed E-state index contributed by atoms with van der Waals surface area (Å²) in [5.74, 6) is -0.229. The lowest BCUT2D eigenvalue weighted by molar-refractivity contribution is 0.627. The molecule has 0 bridgehead atoms. The van der Waals surface area contributed by atoms with Gasteiger partial charge in [-0.15, -0.1) is 0 Å². The van der Waals surface area contributed by atoms with Crippen molar-refractivity contribution in [2.24, 2.45) is 5.73 Å². The van der Waals surface area contributed by atoms with E-state index in [0.717, 1.165) is 22.6 Å². The summed E-state index contributed by atoms with van der Waals surface area (Å²) in [4.78, 5) is 8.75. The Morgan fingerprint density at radius 1 is 1.16 bits per heavy atom. The van der Waals surface area contributed by atoms with Gasteiger partial charge in [0.1, 0.15) is 17.8 Å². The fourth-order valence-electron chi connectivity index (χ4n) is 1.99. The minimum atomic E-state index is -0.229. The summed E-state index contributed by atoms with van der Waals surface area (Å²) in [6, 6.07) is 8.35. The van der Waals surface area contributed by atoms with Crippen LogP contribution in [0.1, 0.15) is 17.0 Å². The molecule has 1 aromatic carbocycles. The highest BCUT2D eigenvalue weighted by Crippen LogP contribution is 2.11. The van der Waals surface area contributed by atoms with Crippen LogP contribution in [0.5, 0.6) is 0 Å². The molecule has 0 aliphatic heterocycles. The summed E-state index contributed by atoms with van der Waals surface area (Å²) >= 11 is 0. The Hall–Kier alpha value is -2.27. The second-order valence-electron chi connectivity index (χ2n) is 4.39. The molecule has 2 heterocycles. The first-order valence-electron chi connectivity index (χ1n) is 6.01. The van der Waals surface area contributed by atoms with Gasteiger partial charge in [-0.1, -0.05) is 12.1 Å². The molecule has 0 saturated carbocycles. The van der Waals surface area contributed by atoms with Gasteiger partial charge < -0.3 is 5.73 Å². The van der Waals surface area contributed by atoms with Crippen molar-refractivity contribution in [1.82, 2.24) is 14.4 Å². The maximum atomic E-state index is 12.8. The summed E-state index contributed by atoms with van der Waals surface area (Å²) in [6.45, 7) is 0.412. The summed E-state index contributed by atoms with van der Waals surface area (Å²) < 4.78 is 14.7. The Kier molecular flexibility index (Phi) is 2.97. The molecule has 96 valence electrons. The van der Waals surface area contributed by atoms with Crippen molar-refractivity contribution in [2.75, 3.05) is 0 Å². The zero-order valence-electron chi connectivity index (χ0n) is 10.3. The van der Waals surface area contributed by atoms with Crippen molar-refractivity contribution >= 4 is 5.65 Å². The van der Waals surface area contributed by atoms with Crippen LogP contribution >= 0.6 is 0 Å². The number of nitrogens with zero attached hydrogens (tertiary/aromatic N) is 3. The van der Waals surface area contributed by atoms with Crippen LogP contribution in [0, 0.1) is 5.82 Å². The zero-order chi connectivity index (χ0) is 13.2. The average molecular weight is 256 g/mol. The number of halogens is 1. The molecule has 0 aliphatic carbocycles. The molecule has 0 aliphatic rings. The van der Waals surface area contributed by atoms with Crippen LogP contribution in [0.25, 0.3) is 5.65 Å². The van der Waals surface area contributed by atoms with E-state index in [9.17, 15) is 4.39 Å². The van der Waals surface area contributed by atoms with E-state index < -0.39 is 0 Å². The van der Waals surface area contributed by atoms with Gasteiger partial charge in [0.05, 0.1) is 11.4 Å². The topological polar surface area (TPSA) is 56.2 Å². The monoisotopic (exact) mass is 256 g/mol. The number of aromatic nitrogens is 3. The molecular formula is C14H13FN4. The van der Waals surface area contributed by atoms with E-state index >= 15 is 0 Å². The van der Waals surface area contributed by atoms with Crippen molar-refractivity contribution < 1.29 is 4.39 Å². The standard InChI is InChI=1S/C14H13FN4/c15-11-3-1-10(2-4-11)5-12-6-14-18-13(7-16)8-19(14)9-17-12/h1-4,6,8-9H,5,7,16H2. The number of hydrogen-bond acceptors (Lipinski definition) is 3. The number of imidazole rings is 1. The SMILES string of the molecule is NCc1cn2cnc(Cc3ccc(F)cc3)cc2n1. The fraction of sp³-hybridized carbons (Fsp3) is 0.143. The molecule has 0 atom stereocenters. The Morgan fingerprint density at radius 2 is 1.95 bits per heavy atom. The lowest BCUT2D eigenvalue weighted by Crippen LogP contribution is -1.95. The van der Waals surface area contributed by atoms with Gasteiger partial charge in [0.2, 0.25) is 0 Å². The van der Waals surface area contributed by atoms with Crippen LogP contribution < -0.4 is 5.73 Å². The number of nitrogens with two attached hydrogens (primary N) is 1. The molecule has 3 rings (SSSR count). The first kappa shape index (κ1) is 11.8. The smallest absolute Gasteiger partial charge is 0.140 e. The van der Waals surface area contributed by atoms with E-state index in [0.29, 0.717) is 13.0 Å². The van der Waals surface area contributed by atoms with E-state index in [1.807, 2.05) is 16.7 Å². The van der Waals surface area contributed by atoms with Crippen LogP contribution in [0.4, 0.5) is 4.39 Å². The van der Waals surface area contributed by atoms with Crippen LogP contribution in [-0.4, -0.2) is 14.4 Å². The van der Waals surface area contributed by atoms with E-state index in [1.54, 1.807) is 18.5 Å². The van der Waals surface area contributed by atoms with Gasteiger partial charge >= 0.3 is 0 Å². The molecule has 0 radical (unpaired) electrons. The Bertz CT molecular complexity index is 703. The maximum absolute atomic E-state index is 12.8. The minimum Gasteiger partial charge on any atom is -0.325 e. The molecule has 0 unspecified atom stereocenters. The lowest BCUT2D eigenvalue weighted by Gasteiger charge is -2.01. The molecular weight excluding hydrogens is 243 g/mol. The Morgan fingerprint density at radius 3 is 2.68 bits per heavy atom. The van der Waals surface area contributed by atoms with Crippen LogP contribution in [0.2, 0.25) is 0 Å². The lowest BCUT2D eigenvalue weighted by atomic mass is 10.1. The molecule has 0 fully saturated rings. The molecule has 5 heteroatoms. The quantitative estimate of drug-likeness (QED) is 0.779. The van der Waals surface area contributed by atoms with Crippen molar-refractivity contribution in [3.63, 3.8) is 0 Å². The summed E-state index contributed by atoms with van der Waals surface area (Å²) in [6.07, 6.45) is 4.24. The van der Waals surface area contributed by atoms with Crippen molar-refractivity contribution in [1.29, 1.82) is 0 Å². The minimum absolute atomic E-state index is 0.229. The molecule has 2 aromatic heterocycles. The van der Waals surface area contributed by atoms with Crippen molar-refractivity contribution in [2.45, 2.75) is 13.0 Å². The van der Waals surface area contributed by atoms with Crippen molar-refractivity contribution in [3.8, 4) is 0 Å². The number of fused-ring (bicyclic) bond motifs is 1. The molecule has 2 N–H and O–H groups in total. The second-order valence-corrected chi connectivity index (χ2v) is 4.39. The predicted octanol–water partition coefficient (Wildman–Crippen LogP) is 1.92. The van der Waals surface area contributed by atoms with E-state index in [4.69, 9.17) is 5.73 Å². The van der Waals surface area contributed by atoms with E-state index in [1.165, 1.54) is 12.1 Å². The molecule has 0 saturated heterocycles. The predicted molar refractivity (Wildman–Crippen MR) is 70.1 cm³/mol. The van der Waals surface area contributed by atoms with Gasteiger partial charge in [0.15, 0.2) is 0 Å². The van der Waals surface area contributed by atoms with Gasteiger partial charge in [-0.25, -0.2) is 14.4 Å². The molecule has 3 aromatic rings. The number of rotatable bonds is 3.